The molecule has 1 aromatic rings. The average Bonchev–Trinajstić information content (AvgIpc) is 2.71. The van der Waals surface area contributed by atoms with Crippen molar-refractivity contribution in [1.82, 2.24) is 5.32 Å². The van der Waals surface area contributed by atoms with Crippen molar-refractivity contribution in [3.63, 3.8) is 0 Å². The van der Waals surface area contributed by atoms with Gasteiger partial charge in [0.15, 0.2) is 0 Å². The molecule has 29 heavy (non-hydrogen) atoms. The van der Waals surface area contributed by atoms with Crippen LogP contribution in [-0.4, -0.2) is 6.29 Å². The molecule has 2 nitrogen and oxygen atoms in total. The van der Waals surface area contributed by atoms with Crippen LogP contribution in [0.3, 0.4) is 0 Å². The highest BCUT2D eigenvalue weighted by molar-refractivity contribution is 6.30. The molecule has 0 atom stereocenters. The minimum Gasteiger partial charge on any atom is -0.359 e. The van der Waals surface area contributed by atoms with Crippen LogP contribution in [-0.2, 0) is 4.79 Å². The Labute approximate surface area is 182 Å². The Morgan fingerprint density at radius 1 is 1.21 bits per heavy atom. The molecule has 3 heteroatoms. The fourth-order valence-electron chi connectivity index (χ4n) is 2.42. The molecule has 1 aromatic carbocycles. The number of rotatable bonds is 11. The molecule has 1 N–H and O–H groups in total. The zero-order valence-corrected chi connectivity index (χ0v) is 18.9. The zero-order valence-electron chi connectivity index (χ0n) is 18.2. The van der Waals surface area contributed by atoms with E-state index in [1.54, 1.807) is 0 Å². The number of hydrogen-bond donors (Lipinski definition) is 1. The summed E-state index contributed by atoms with van der Waals surface area (Å²) in [4.78, 5) is 10.8. The van der Waals surface area contributed by atoms with Crippen molar-refractivity contribution in [2.45, 2.75) is 47.0 Å². The number of halogens is 1. The third-order valence-electron chi connectivity index (χ3n) is 3.62. The maximum absolute atomic E-state index is 10.8. The van der Waals surface area contributed by atoms with Gasteiger partial charge < -0.3 is 10.1 Å². The van der Waals surface area contributed by atoms with E-state index in [0.29, 0.717) is 11.4 Å². The maximum atomic E-state index is 10.8. The molecule has 0 saturated carbocycles. The molecule has 0 aliphatic heterocycles. The number of carbonyl (C=O) groups excluding carboxylic acids is 1. The summed E-state index contributed by atoms with van der Waals surface area (Å²) >= 11 is 6.02. The molecule has 0 fully saturated rings. The van der Waals surface area contributed by atoms with Crippen molar-refractivity contribution in [3.8, 4) is 0 Å². The normalized spacial score (nSPS) is 11.9. The number of carbonyl (C=O) groups is 1. The molecule has 0 saturated heterocycles. The van der Waals surface area contributed by atoms with Crippen molar-refractivity contribution in [2.75, 3.05) is 0 Å². The Hall–Kier alpha value is -2.58. The zero-order chi connectivity index (χ0) is 22.1. The predicted molar refractivity (Wildman–Crippen MR) is 130 cm³/mol. The summed E-state index contributed by atoms with van der Waals surface area (Å²) in [6.45, 7) is 16.2. The Bertz CT molecular complexity index is 782. The van der Waals surface area contributed by atoms with Gasteiger partial charge in [0.1, 0.15) is 6.29 Å². The van der Waals surface area contributed by atoms with Gasteiger partial charge in [0.2, 0.25) is 0 Å². The van der Waals surface area contributed by atoms with Crippen LogP contribution in [0, 0.1) is 0 Å². The summed E-state index contributed by atoms with van der Waals surface area (Å²) in [5.74, 6) is 0. The van der Waals surface area contributed by atoms with Gasteiger partial charge in [-0.05, 0) is 48.3 Å². The van der Waals surface area contributed by atoms with Gasteiger partial charge in [0.05, 0.1) is 0 Å². The molecule has 0 aliphatic carbocycles. The van der Waals surface area contributed by atoms with Crippen LogP contribution in [0.1, 0.15) is 52.5 Å². The van der Waals surface area contributed by atoms with E-state index in [4.69, 9.17) is 11.6 Å². The molecule has 0 aliphatic rings. The van der Waals surface area contributed by atoms with E-state index in [-0.39, 0.29) is 0 Å². The topological polar surface area (TPSA) is 29.1 Å². The van der Waals surface area contributed by atoms with Crippen molar-refractivity contribution in [3.05, 3.63) is 101 Å². The maximum Gasteiger partial charge on any atom is 0.123 e. The Morgan fingerprint density at radius 2 is 1.93 bits per heavy atom. The second kappa shape index (κ2) is 16.4. The van der Waals surface area contributed by atoms with Gasteiger partial charge in [-0.3, -0.25) is 0 Å². The lowest BCUT2D eigenvalue weighted by molar-refractivity contribution is -0.107. The van der Waals surface area contributed by atoms with Gasteiger partial charge in [-0.25, -0.2) is 0 Å². The monoisotopic (exact) mass is 411 g/mol. The van der Waals surface area contributed by atoms with E-state index in [2.05, 4.69) is 25.4 Å². The first-order chi connectivity index (χ1) is 14.0. The lowest BCUT2D eigenvalue weighted by atomic mass is 10.1. The fourth-order valence-corrected chi connectivity index (χ4v) is 2.62. The summed E-state index contributed by atoms with van der Waals surface area (Å²) in [6.07, 6.45) is 14.8. The van der Waals surface area contributed by atoms with Crippen LogP contribution >= 0.6 is 11.6 Å². The first kappa shape index (κ1) is 26.4. The lowest BCUT2D eigenvalue weighted by Crippen LogP contribution is -2.13. The van der Waals surface area contributed by atoms with Crippen LogP contribution < -0.4 is 5.32 Å². The van der Waals surface area contributed by atoms with E-state index in [9.17, 15) is 4.79 Å². The van der Waals surface area contributed by atoms with Gasteiger partial charge in [0, 0.05) is 22.8 Å². The summed E-state index contributed by atoms with van der Waals surface area (Å²) in [5, 5.41) is 4.03. The third kappa shape index (κ3) is 11.8. The van der Waals surface area contributed by atoms with Crippen LogP contribution in [0.4, 0.5) is 0 Å². The summed E-state index contributed by atoms with van der Waals surface area (Å²) in [5.41, 5.74) is 4.57. The smallest absolute Gasteiger partial charge is 0.123 e. The van der Waals surface area contributed by atoms with Crippen molar-refractivity contribution >= 4 is 24.0 Å². The van der Waals surface area contributed by atoms with Gasteiger partial charge in [-0.2, -0.15) is 0 Å². The Kier molecular flexibility index (Phi) is 14.9. The molecular formula is C26H34ClNO. The molecular weight excluding hydrogens is 378 g/mol. The SMILES string of the molecule is C=C(/C=C/c1cccc(Cl)c1)/C=C(\C=C/C)C(=C/CC=O)/NC(=C)CCC.CC. The van der Waals surface area contributed by atoms with E-state index in [1.807, 2.05) is 81.5 Å². The van der Waals surface area contributed by atoms with E-state index < -0.39 is 0 Å². The third-order valence-corrected chi connectivity index (χ3v) is 3.85. The number of allylic oxidation sites excluding steroid dienone is 7. The molecule has 0 heterocycles. The summed E-state index contributed by atoms with van der Waals surface area (Å²) in [7, 11) is 0. The summed E-state index contributed by atoms with van der Waals surface area (Å²) in [6, 6.07) is 7.64. The molecule has 0 bridgehead atoms. The minimum absolute atomic E-state index is 0.335. The number of aldehydes is 1. The largest absolute Gasteiger partial charge is 0.359 e. The van der Waals surface area contributed by atoms with Crippen LogP contribution in [0.5, 0.6) is 0 Å². The molecule has 0 spiro atoms. The standard InChI is InChI=1S/C24H28ClNO.C2H6/c1-5-9-20(4)26-24(13-8-16-27)22(10-6-2)17-19(3)14-15-21-11-7-12-23(25)18-21;1-2/h6-7,10-18,26H,3-5,8-9H2,1-2H3;1-2H3/b10-6-,15-14+,22-17+,24-13-;. The fraction of sp³-hybridized carbons (Fsp3) is 0.269. The minimum atomic E-state index is 0.335. The number of nitrogens with one attached hydrogen (secondary N) is 1. The van der Waals surface area contributed by atoms with Gasteiger partial charge >= 0.3 is 0 Å². The van der Waals surface area contributed by atoms with Gasteiger partial charge in [0.25, 0.3) is 0 Å². The van der Waals surface area contributed by atoms with Crippen LogP contribution in [0.2, 0.25) is 5.02 Å². The van der Waals surface area contributed by atoms with E-state index in [0.717, 1.165) is 47.2 Å². The molecule has 1 rings (SSSR count). The van der Waals surface area contributed by atoms with Crippen molar-refractivity contribution < 1.29 is 4.79 Å². The van der Waals surface area contributed by atoms with E-state index in [1.165, 1.54) is 0 Å². The van der Waals surface area contributed by atoms with Crippen LogP contribution in [0.25, 0.3) is 6.08 Å². The lowest BCUT2D eigenvalue weighted by Gasteiger charge is -2.14. The second-order valence-corrected chi connectivity index (χ2v) is 6.50. The highest BCUT2D eigenvalue weighted by Crippen LogP contribution is 2.17. The molecule has 0 aromatic heterocycles. The quantitative estimate of drug-likeness (QED) is 0.297. The van der Waals surface area contributed by atoms with E-state index >= 15 is 0 Å². The highest BCUT2D eigenvalue weighted by Gasteiger charge is 2.04. The predicted octanol–water partition coefficient (Wildman–Crippen LogP) is 7.81. The summed E-state index contributed by atoms with van der Waals surface area (Å²) < 4.78 is 0. The Balaban J connectivity index is 0.00000379. The first-order valence-electron chi connectivity index (χ1n) is 10.1. The van der Waals surface area contributed by atoms with Crippen molar-refractivity contribution in [1.29, 1.82) is 0 Å². The van der Waals surface area contributed by atoms with Crippen molar-refractivity contribution in [2.24, 2.45) is 0 Å². The first-order valence-corrected chi connectivity index (χ1v) is 10.4. The highest BCUT2D eigenvalue weighted by atomic mass is 35.5. The molecule has 0 amide bonds. The molecule has 156 valence electrons. The van der Waals surface area contributed by atoms with Gasteiger partial charge in [-0.15, -0.1) is 0 Å². The number of hydrogen-bond acceptors (Lipinski definition) is 2. The van der Waals surface area contributed by atoms with Crippen LogP contribution in [0.15, 0.2) is 90.3 Å². The van der Waals surface area contributed by atoms with Gasteiger partial charge in [-0.1, -0.05) is 94.5 Å². The number of benzene rings is 1. The second-order valence-electron chi connectivity index (χ2n) is 6.06. The Morgan fingerprint density at radius 3 is 2.52 bits per heavy atom. The average molecular weight is 412 g/mol. The molecule has 0 unspecified atom stereocenters. The molecule has 0 radical (unpaired) electrons.